The molecule has 5 aromatic rings. The van der Waals surface area contributed by atoms with Crippen LogP contribution in [0.4, 0.5) is 4.39 Å². The van der Waals surface area contributed by atoms with Crippen LogP contribution >= 0.6 is 0 Å². The minimum absolute atomic E-state index is 0.0163. The summed E-state index contributed by atoms with van der Waals surface area (Å²) in [4.78, 5) is 22.3. The van der Waals surface area contributed by atoms with Gasteiger partial charge in [0.05, 0.1) is 12.1 Å². The van der Waals surface area contributed by atoms with Gasteiger partial charge in [0, 0.05) is 53.9 Å². The smallest absolute Gasteiger partial charge is 0.226 e. The third kappa shape index (κ3) is 5.28. The molecule has 5 nitrogen and oxygen atoms in total. The molecule has 6 heteroatoms. The van der Waals surface area contributed by atoms with Gasteiger partial charge in [0.25, 0.3) is 0 Å². The lowest BCUT2D eigenvalue weighted by Crippen LogP contribution is -2.46. The van der Waals surface area contributed by atoms with Gasteiger partial charge < -0.3 is 15.0 Å². The highest BCUT2D eigenvalue weighted by atomic mass is 19.1. The van der Waals surface area contributed by atoms with Crippen LogP contribution in [0.2, 0.25) is 0 Å². The van der Waals surface area contributed by atoms with Crippen molar-refractivity contribution in [2.75, 3.05) is 13.1 Å². The Morgan fingerprint density at radius 3 is 2.41 bits per heavy atom. The summed E-state index contributed by atoms with van der Waals surface area (Å²) in [7, 11) is 0. The van der Waals surface area contributed by atoms with Crippen LogP contribution in [0.25, 0.3) is 33.3 Å². The second-order valence-electron chi connectivity index (χ2n) is 10.4. The zero-order valence-electron chi connectivity index (χ0n) is 21.6. The maximum Gasteiger partial charge on any atom is 0.226 e. The Hall–Kier alpha value is -4.45. The highest BCUT2D eigenvalue weighted by Crippen LogP contribution is 2.38. The lowest BCUT2D eigenvalue weighted by Gasteiger charge is -2.36. The second kappa shape index (κ2) is 10.4. The first-order valence-corrected chi connectivity index (χ1v) is 13.3. The van der Waals surface area contributed by atoms with E-state index in [1.54, 1.807) is 17.3 Å². The number of benzene rings is 3. The van der Waals surface area contributed by atoms with Gasteiger partial charge in [-0.15, -0.1) is 0 Å². The van der Waals surface area contributed by atoms with Gasteiger partial charge in [-0.25, -0.2) is 4.39 Å². The molecule has 0 bridgehead atoms. The largest absolute Gasteiger partial charge is 0.507 e. The zero-order chi connectivity index (χ0) is 26.8. The van der Waals surface area contributed by atoms with Gasteiger partial charge in [-0.2, -0.15) is 0 Å². The molecule has 0 unspecified atom stereocenters. The van der Waals surface area contributed by atoms with Crippen LogP contribution in [0.15, 0.2) is 97.3 Å². The molecule has 0 atom stereocenters. The van der Waals surface area contributed by atoms with Crippen LogP contribution in [0.5, 0.6) is 5.75 Å². The quantitative estimate of drug-likeness (QED) is 0.262. The van der Waals surface area contributed by atoms with Crippen molar-refractivity contribution in [2.45, 2.75) is 31.4 Å². The minimum atomic E-state index is -1.26. The fourth-order valence-corrected chi connectivity index (χ4v) is 5.49. The van der Waals surface area contributed by atoms with Crippen LogP contribution in [-0.2, 0) is 17.6 Å². The van der Waals surface area contributed by atoms with Crippen molar-refractivity contribution >= 4 is 16.8 Å². The lowest BCUT2D eigenvalue weighted by molar-refractivity contribution is -0.133. The molecule has 3 heterocycles. The fourth-order valence-electron chi connectivity index (χ4n) is 5.49. The van der Waals surface area contributed by atoms with E-state index in [0.29, 0.717) is 37.9 Å². The molecule has 0 aliphatic carbocycles. The Morgan fingerprint density at radius 1 is 0.923 bits per heavy atom. The van der Waals surface area contributed by atoms with Gasteiger partial charge in [-0.05, 0) is 47.7 Å². The molecule has 1 amide bonds. The van der Waals surface area contributed by atoms with E-state index in [9.17, 15) is 9.90 Å². The van der Waals surface area contributed by atoms with Gasteiger partial charge in [-0.1, -0.05) is 66.7 Å². The normalized spacial score (nSPS) is 14.9. The summed E-state index contributed by atoms with van der Waals surface area (Å²) in [6.07, 6.45) is 4.90. The summed E-state index contributed by atoms with van der Waals surface area (Å²) in [5.41, 5.74) is 4.70. The molecule has 2 N–H and O–H groups in total. The molecule has 3 aromatic carbocycles. The number of piperidine rings is 1. The number of carbonyl (C=O) groups excluding carboxylic acids is 1. The monoisotopic (exact) mass is 519 g/mol. The summed E-state index contributed by atoms with van der Waals surface area (Å²) >= 11 is 0. The number of aromatic hydroxyl groups is 1. The van der Waals surface area contributed by atoms with Crippen molar-refractivity contribution in [3.8, 4) is 28.1 Å². The predicted molar refractivity (Wildman–Crippen MR) is 152 cm³/mol. The minimum Gasteiger partial charge on any atom is -0.507 e. The number of amides is 1. The number of aromatic amines is 1. The van der Waals surface area contributed by atoms with E-state index >= 15 is 4.39 Å². The summed E-state index contributed by atoms with van der Waals surface area (Å²) in [5.74, 6) is 0.210. The summed E-state index contributed by atoms with van der Waals surface area (Å²) in [6.45, 7) is 0.871. The molecule has 1 saturated heterocycles. The molecule has 39 heavy (non-hydrogen) atoms. The molecule has 196 valence electrons. The first-order chi connectivity index (χ1) is 19.0. The molecule has 1 aliphatic rings. The Balaban J connectivity index is 1.11. The van der Waals surface area contributed by atoms with Crippen LogP contribution in [-0.4, -0.2) is 44.6 Å². The maximum absolute atomic E-state index is 15.4. The molecule has 0 saturated carbocycles. The molecule has 2 aromatic heterocycles. The van der Waals surface area contributed by atoms with Crippen molar-refractivity contribution < 1.29 is 14.3 Å². The number of rotatable bonds is 6. The van der Waals surface area contributed by atoms with E-state index in [-0.39, 0.29) is 18.1 Å². The number of fused-ring (bicyclic) bond motifs is 1. The highest BCUT2D eigenvalue weighted by Gasteiger charge is 2.36. The Labute approximate surface area is 227 Å². The van der Waals surface area contributed by atoms with E-state index in [1.807, 2.05) is 84.9 Å². The van der Waals surface area contributed by atoms with Gasteiger partial charge in [0.15, 0.2) is 0 Å². The highest BCUT2D eigenvalue weighted by molar-refractivity contribution is 5.89. The lowest BCUT2D eigenvalue weighted by atomic mass is 9.87. The fraction of sp³-hybridized carbons (Fsp3) is 0.212. The number of pyridine rings is 1. The van der Waals surface area contributed by atoms with Crippen LogP contribution in [0.1, 0.15) is 24.0 Å². The number of halogens is 1. The summed E-state index contributed by atoms with van der Waals surface area (Å²) in [6, 6.07) is 27.0. The van der Waals surface area contributed by atoms with E-state index in [1.165, 1.54) is 0 Å². The molecular weight excluding hydrogens is 489 g/mol. The number of alkyl halides is 1. The number of phenolic OH excluding ortho intramolecular Hbond substituents is 1. The number of phenols is 1. The number of para-hydroxylation sites is 1. The molecule has 0 radical (unpaired) electrons. The van der Waals surface area contributed by atoms with Crippen LogP contribution in [0, 0.1) is 0 Å². The topological polar surface area (TPSA) is 69.2 Å². The molecule has 6 rings (SSSR count). The van der Waals surface area contributed by atoms with E-state index < -0.39 is 5.67 Å². The SMILES string of the molecule is O=C(Cc1ccc(-c2cccc(-c3cc4cnccc4[nH]3)c2O)cc1)N1CCC(F)(Cc2ccccc2)CC1. The van der Waals surface area contributed by atoms with Crippen molar-refractivity contribution in [3.05, 3.63) is 108 Å². The third-order valence-electron chi connectivity index (χ3n) is 7.74. The average molecular weight is 520 g/mol. The molecule has 1 fully saturated rings. The van der Waals surface area contributed by atoms with Crippen molar-refractivity contribution in [1.82, 2.24) is 14.9 Å². The number of aromatic nitrogens is 2. The van der Waals surface area contributed by atoms with Crippen LogP contribution < -0.4 is 0 Å². The van der Waals surface area contributed by atoms with Crippen LogP contribution in [0.3, 0.4) is 0 Å². The van der Waals surface area contributed by atoms with E-state index in [4.69, 9.17) is 0 Å². The van der Waals surface area contributed by atoms with Crippen molar-refractivity contribution in [1.29, 1.82) is 0 Å². The number of likely N-dealkylation sites (tertiary alicyclic amines) is 1. The average Bonchev–Trinajstić information content (AvgIpc) is 3.39. The maximum atomic E-state index is 15.4. The summed E-state index contributed by atoms with van der Waals surface area (Å²) in [5, 5.41) is 12.1. The van der Waals surface area contributed by atoms with Gasteiger partial charge in [0.2, 0.25) is 5.91 Å². The number of hydrogen-bond acceptors (Lipinski definition) is 3. The van der Waals surface area contributed by atoms with E-state index in [0.717, 1.165) is 38.9 Å². The van der Waals surface area contributed by atoms with Gasteiger partial charge >= 0.3 is 0 Å². The zero-order valence-corrected chi connectivity index (χ0v) is 21.6. The second-order valence-corrected chi connectivity index (χ2v) is 10.4. The summed E-state index contributed by atoms with van der Waals surface area (Å²) < 4.78 is 15.4. The number of nitrogens with zero attached hydrogens (tertiary/aromatic N) is 2. The first kappa shape index (κ1) is 24.9. The predicted octanol–water partition coefficient (Wildman–Crippen LogP) is 6.72. The molecule has 0 spiro atoms. The molecular formula is C33H30FN3O2. The number of nitrogens with one attached hydrogen (secondary N) is 1. The molecule has 1 aliphatic heterocycles. The Kier molecular flexibility index (Phi) is 6.61. The Morgan fingerprint density at radius 2 is 1.67 bits per heavy atom. The van der Waals surface area contributed by atoms with Crippen molar-refractivity contribution in [2.24, 2.45) is 0 Å². The Bertz CT molecular complexity index is 1570. The number of H-pyrrole nitrogens is 1. The standard InChI is InChI=1S/C33H30FN3O2/c34-33(21-24-5-2-1-3-6-24)14-17-37(18-15-33)31(38)19-23-9-11-25(12-10-23)27-7-4-8-28(32(27)39)30-20-26-22-35-16-13-29(26)36-30/h1-13,16,20,22,36,39H,14-15,17-19,21H2. The first-order valence-electron chi connectivity index (χ1n) is 13.3. The number of carbonyl (C=O) groups is 1. The van der Waals surface area contributed by atoms with Crippen molar-refractivity contribution in [3.63, 3.8) is 0 Å². The number of hydrogen-bond donors (Lipinski definition) is 2. The third-order valence-corrected chi connectivity index (χ3v) is 7.74. The van der Waals surface area contributed by atoms with E-state index in [2.05, 4.69) is 9.97 Å². The van der Waals surface area contributed by atoms with Gasteiger partial charge in [-0.3, -0.25) is 9.78 Å². The van der Waals surface area contributed by atoms with Gasteiger partial charge in [0.1, 0.15) is 11.4 Å².